The van der Waals surface area contributed by atoms with Crippen LogP contribution in [0.25, 0.3) is 0 Å². The molecule has 0 aromatic heterocycles. The summed E-state index contributed by atoms with van der Waals surface area (Å²) >= 11 is 0. The lowest BCUT2D eigenvalue weighted by molar-refractivity contribution is -0.115. The van der Waals surface area contributed by atoms with Crippen LogP contribution < -0.4 is 10.6 Å². The van der Waals surface area contributed by atoms with Gasteiger partial charge in [0.2, 0.25) is 5.91 Å². The molecule has 0 aliphatic carbocycles. The van der Waals surface area contributed by atoms with Gasteiger partial charge in [-0.1, -0.05) is 85.8 Å². The zero-order chi connectivity index (χ0) is 19.8. The van der Waals surface area contributed by atoms with E-state index in [2.05, 4.69) is 60.0 Å². The molecule has 0 aliphatic rings. The van der Waals surface area contributed by atoms with Gasteiger partial charge in [0, 0.05) is 11.7 Å². The van der Waals surface area contributed by atoms with Gasteiger partial charge in [-0.15, -0.1) is 0 Å². The molecule has 0 aliphatic heterocycles. The van der Waals surface area contributed by atoms with Gasteiger partial charge >= 0.3 is 0 Å². The lowest BCUT2D eigenvalue weighted by Gasteiger charge is -2.20. The first-order chi connectivity index (χ1) is 13.7. The van der Waals surface area contributed by atoms with Gasteiger partial charge in [-0.25, -0.2) is 0 Å². The highest BCUT2D eigenvalue weighted by Gasteiger charge is 2.14. The summed E-state index contributed by atoms with van der Waals surface area (Å²) in [6, 6.07) is 26.9. The largest absolute Gasteiger partial charge is 0.324 e. The minimum atomic E-state index is -0.0157. The van der Waals surface area contributed by atoms with Crippen molar-refractivity contribution in [3.05, 3.63) is 101 Å². The molecule has 1 atom stereocenters. The summed E-state index contributed by atoms with van der Waals surface area (Å²) in [6.07, 6.45) is 1.73. The van der Waals surface area contributed by atoms with Crippen LogP contribution in [0.5, 0.6) is 0 Å². The maximum Gasteiger partial charge on any atom is 0.238 e. The van der Waals surface area contributed by atoms with E-state index in [4.69, 9.17) is 0 Å². The zero-order valence-corrected chi connectivity index (χ0v) is 16.6. The molecule has 0 saturated carbocycles. The molecule has 3 aromatic carbocycles. The number of hydrogen-bond acceptors (Lipinski definition) is 2. The van der Waals surface area contributed by atoms with Crippen LogP contribution in [0.4, 0.5) is 5.69 Å². The van der Waals surface area contributed by atoms with Crippen molar-refractivity contribution in [1.29, 1.82) is 0 Å². The van der Waals surface area contributed by atoms with Crippen molar-refractivity contribution in [1.82, 2.24) is 5.32 Å². The van der Waals surface area contributed by atoms with Crippen LogP contribution in [0.2, 0.25) is 0 Å². The lowest BCUT2D eigenvalue weighted by Crippen LogP contribution is -2.32. The summed E-state index contributed by atoms with van der Waals surface area (Å²) in [5, 5.41) is 6.55. The van der Waals surface area contributed by atoms with E-state index in [1.54, 1.807) is 0 Å². The fourth-order valence-corrected chi connectivity index (χ4v) is 3.44. The predicted octanol–water partition coefficient (Wildman–Crippen LogP) is 5.07. The van der Waals surface area contributed by atoms with Gasteiger partial charge < -0.3 is 10.6 Å². The first-order valence-electron chi connectivity index (χ1n) is 9.88. The molecule has 0 bridgehead atoms. The van der Waals surface area contributed by atoms with Crippen molar-refractivity contribution >= 4 is 11.6 Å². The van der Waals surface area contributed by atoms with Gasteiger partial charge in [0.25, 0.3) is 0 Å². The average molecular weight is 373 g/mol. The van der Waals surface area contributed by atoms with Crippen LogP contribution >= 0.6 is 0 Å². The Morgan fingerprint density at radius 2 is 1.57 bits per heavy atom. The number of carbonyl (C=O) groups is 1. The molecule has 1 unspecified atom stereocenters. The molecular weight excluding hydrogens is 344 g/mol. The van der Waals surface area contributed by atoms with Crippen LogP contribution in [0.15, 0.2) is 78.9 Å². The van der Waals surface area contributed by atoms with Crippen LogP contribution in [-0.4, -0.2) is 12.5 Å². The van der Waals surface area contributed by atoms with E-state index in [0.29, 0.717) is 0 Å². The second kappa shape index (κ2) is 9.86. The molecule has 1 amide bonds. The first-order valence-corrected chi connectivity index (χ1v) is 9.88. The molecule has 0 spiro atoms. The number of nitrogens with one attached hydrogen (secondary N) is 2. The maximum atomic E-state index is 12.6. The third-order valence-electron chi connectivity index (χ3n) is 5.00. The van der Waals surface area contributed by atoms with Crippen molar-refractivity contribution < 1.29 is 4.79 Å². The number of anilines is 1. The molecule has 144 valence electrons. The van der Waals surface area contributed by atoms with Crippen LogP contribution in [0, 0.1) is 6.92 Å². The van der Waals surface area contributed by atoms with E-state index in [0.717, 1.165) is 29.7 Å². The molecule has 3 rings (SSSR count). The van der Waals surface area contributed by atoms with E-state index >= 15 is 0 Å². The molecule has 3 nitrogen and oxygen atoms in total. The molecule has 0 heterocycles. The first kappa shape index (κ1) is 19.8. The monoisotopic (exact) mass is 372 g/mol. The summed E-state index contributed by atoms with van der Waals surface area (Å²) in [4.78, 5) is 12.6. The number of amides is 1. The Morgan fingerprint density at radius 1 is 0.893 bits per heavy atom. The number of hydrogen-bond donors (Lipinski definition) is 2. The number of rotatable bonds is 8. The second-order valence-corrected chi connectivity index (χ2v) is 7.04. The third kappa shape index (κ3) is 5.30. The maximum absolute atomic E-state index is 12.6. The summed E-state index contributed by atoms with van der Waals surface area (Å²) in [5.74, 6) is -0.0157. The van der Waals surface area contributed by atoms with E-state index in [1.165, 1.54) is 11.1 Å². The summed E-state index contributed by atoms with van der Waals surface area (Å²) in [5.41, 5.74) is 5.63. The van der Waals surface area contributed by atoms with Crippen LogP contribution in [-0.2, 0) is 17.6 Å². The number of aryl methyl sites for hydroxylation is 2. The smallest absolute Gasteiger partial charge is 0.238 e. The van der Waals surface area contributed by atoms with Crippen molar-refractivity contribution in [3.8, 4) is 0 Å². The predicted molar refractivity (Wildman–Crippen MR) is 117 cm³/mol. The fraction of sp³-hybridized carbons (Fsp3) is 0.240. The molecule has 3 aromatic rings. The standard InChI is InChI=1S/C25H28N2O/c1-3-21-16-10-11-19(2)25(21)27-24(28)18-26-23(22-14-8-5-9-15-22)17-20-12-6-4-7-13-20/h4-16,23,26H,3,17-18H2,1-2H3,(H,27,28). The van der Waals surface area contributed by atoms with Gasteiger partial charge in [-0.2, -0.15) is 0 Å². The van der Waals surface area contributed by atoms with Gasteiger partial charge in [-0.3, -0.25) is 4.79 Å². The average Bonchev–Trinajstić information content (AvgIpc) is 2.74. The molecular formula is C25H28N2O. The summed E-state index contributed by atoms with van der Waals surface area (Å²) in [6.45, 7) is 4.40. The number of carbonyl (C=O) groups excluding carboxylic acids is 1. The Labute approximate surface area is 167 Å². The Balaban J connectivity index is 1.69. The lowest BCUT2D eigenvalue weighted by atomic mass is 9.99. The zero-order valence-electron chi connectivity index (χ0n) is 16.6. The van der Waals surface area contributed by atoms with Gasteiger partial charge in [0.1, 0.15) is 0 Å². The molecule has 28 heavy (non-hydrogen) atoms. The van der Waals surface area contributed by atoms with E-state index in [1.807, 2.05) is 43.3 Å². The molecule has 2 N–H and O–H groups in total. The Bertz CT molecular complexity index is 891. The Hall–Kier alpha value is -2.91. The number of para-hydroxylation sites is 1. The number of benzene rings is 3. The van der Waals surface area contributed by atoms with Gasteiger partial charge in [0.05, 0.1) is 6.54 Å². The van der Waals surface area contributed by atoms with Crippen LogP contribution in [0.1, 0.15) is 35.2 Å². The highest BCUT2D eigenvalue weighted by atomic mass is 16.1. The highest BCUT2D eigenvalue weighted by Crippen LogP contribution is 2.21. The van der Waals surface area contributed by atoms with E-state index in [9.17, 15) is 4.79 Å². The summed E-state index contributed by atoms with van der Waals surface area (Å²) in [7, 11) is 0. The van der Waals surface area contributed by atoms with Crippen molar-refractivity contribution in [2.75, 3.05) is 11.9 Å². The van der Waals surface area contributed by atoms with Crippen LogP contribution in [0.3, 0.4) is 0 Å². The Kier molecular flexibility index (Phi) is 6.99. The van der Waals surface area contributed by atoms with Gasteiger partial charge in [0.15, 0.2) is 0 Å². The molecule has 3 heteroatoms. The molecule has 0 fully saturated rings. The minimum absolute atomic E-state index is 0.0157. The normalized spacial score (nSPS) is 11.8. The SMILES string of the molecule is CCc1cccc(C)c1NC(=O)CNC(Cc1ccccc1)c1ccccc1. The fourth-order valence-electron chi connectivity index (χ4n) is 3.44. The van der Waals surface area contributed by atoms with Gasteiger partial charge in [-0.05, 0) is 42.0 Å². The van der Waals surface area contributed by atoms with Crippen molar-refractivity contribution in [2.45, 2.75) is 32.7 Å². The van der Waals surface area contributed by atoms with Crippen molar-refractivity contribution in [2.24, 2.45) is 0 Å². The highest BCUT2D eigenvalue weighted by molar-refractivity contribution is 5.93. The van der Waals surface area contributed by atoms with Crippen molar-refractivity contribution in [3.63, 3.8) is 0 Å². The van der Waals surface area contributed by atoms with E-state index in [-0.39, 0.29) is 18.5 Å². The summed E-state index contributed by atoms with van der Waals surface area (Å²) < 4.78 is 0. The molecule has 0 radical (unpaired) electrons. The quantitative estimate of drug-likeness (QED) is 0.580. The third-order valence-corrected chi connectivity index (χ3v) is 5.00. The topological polar surface area (TPSA) is 41.1 Å². The molecule has 0 saturated heterocycles. The minimum Gasteiger partial charge on any atom is -0.324 e. The van der Waals surface area contributed by atoms with E-state index < -0.39 is 0 Å². The second-order valence-electron chi connectivity index (χ2n) is 7.04. The Morgan fingerprint density at radius 3 is 2.25 bits per heavy atom.